The first-order valence-corrected chi connectivity index (χ1v) is 9.35. The van der Waals surface area contributed by atoms with Gasteiger partial charge in [0.05, 0.1) is 18.3 Å². The van der Waals surface area contributed by atoms with Crippen molar-refractivity contribution in [1.29, 1.82) is 0 Å². The first kappa shape index (κ1) is 17.3. The molecular weight excluding hydrogens is 333 g/mol. The number of hydrogen-bond donors (Lipinski definition) is 1. The Morgan fingerprint density at radius 1 is 1.31 bits per heavy atom. The molecule has 1 unspecified atom stereocenters. The molecule has 0 amide bonds. The lowest BCUT2D eigenvalue weighted by Crippen LogP contribution is -2.30. The van der Waals surface area contributed by atoms with Crippen LogP contribution in [0.25, 0.3) is 10.9 Å². The molecule has 0 radical (unpaired) electrons. The van der Waals surface area contributed by atoms with E-state index in [1.54, 1.807) is 6.07 Å². The molecule has 140 valence electrons. The van der Waals surface area contributed by atoms with Gasteiger partial charge in [0.1, 0.15) is 5.82 Å². The van der Waals surface area contributed by atoms with E-state index in [1.165, 1.54) is 13.2 Å². The van der Waals surface area contributed by atoms with Crippen LogP contribution in [-0.2, 0) is 0 Å². The fraction of sp³-hybridized carbons (Fsp3) is 0.550. The summed E-state index contributed by atoms with van der Waals surface area (Å²) in [5.74, 6) is 0.392. The maximum Gasteiger partial charge on any atom is 0.293 e. The summed E-state index contributed by atoms with van der Waals surface area (Å²) in [5.41, 5.74) is 8.20. The van der Waals surface area contributed by atoms with Gasteiger partial charge in [-0.3, -0.25) is 4.79 Å². The second-order valence-corrected chi connectivity index (χ2v) is 7.74. The first-order valence-electron chi connectivity index (χ1n) is 9.35. The van der Waals surface area contributed by atoms with Crippen LogP contribution in [0.2, 0.25) is 0 Å². The number of aryl methyl sites for hydroxylation is 1. The number of anilines is 1. The summed E-state index contributed by atoms with van der Waals surface area (Å²) in [4.78, 5) is 14.9. The minimum absolute atomic E-state index is 0.0951. The molecule has 26 heavy (non-hydrogen) atoms. The number of hydrogen-bond acceptors (Lipinski definition) is 4. The molecule has 2 aromatic rings. The van der Waals surface area contributed by atoms with Gasteiger partial charge >= 0.3 is 0 Å². The zero-order chi connectivity index (χ0) is 18.6. The largest absolute Gasteiger partial charge is 0.491 e. The first-order chi connectivity index (χ1) is 12.4. The Kier molecular flexibility index (Phi) is 4.18. The van der Waals surface area contributed by atoms with Gasteiger partial charge in [-0.25, -0.2) is 4.39 Å². The predicted octanol–water partition coefficient (Wildman–Crippen LogP) is 2.97. The van der Waals surface area contributed by atoms with Crippen molar-refractivity contribution in [2.75, 3.05) is 25.1 Å². The Morgan fingerprint density at radius 3 is 2.62 bits per heavy atom. The number of nitrogens with two attached hydrogens (primary N) is 1. The van der Waals surface area contributed by atoms with Crippen LogP contribution in [0.4, 0.5) is 10.1 Å². The zero-order valence-electron chi connectivity index (χ0n) is 15.6. The van der Waals surface area contributed by atoms with E-state index in [2.05, 4.69) is 4.90 Å². The van der Waals surface area contributed by atoms with Gasteiger partial charge in [0.15, 0.2) is 5.75 Å². The van der Waals surface area contributed by atoms with Crippen LogP contribution in [-0.4, -0.2) is 30.8 Å². The van der Waals surface area contributed by atoms with Crippen molar-refractivity contribution in [3.8, 4) is 5.75 Å². The highest BCUT2D eigenvalue weighted by molar-refractivity contribution is 5.89. The minimum atomic E-state index is -0.247. The third-order valence-corrected chi connectivity index (χ3v) is 5.87. The normalized spacial score (nSPS) is 21.4. The number of fused-ring (bicyclic) bond motifs is 1. The summed E-state index contributed by atoms with van der Waals surface area (Å²) < 4.78 is 22.1. The molecule has 0 spiro atoms. The highest BCUT2D eigenvalue weighted by Crippen LogP contribution is 2.41. The van der Waals surface area contributed by atoms with Gasteiger partial charge in [-0.1, -0.05) is 0 Å². The number of benzene rings is 1. The van der Waals surface area contributed by atoms with Gasteiger partial charge < -0.3 is 19.9 Å². The zero-order valence-corrected chi connectivity index (χ0v) is 15.6. The predicted molar refractivity (Wildman–Crippen MR) is 102 cm³/mol. The van der Waals surface area contributed by atoms with Crippen LogP contribution >= 0.6 is 0 Å². The van der Waals surface area contributed by atoms with Gasteiger partial charge in [0.25, 0.3) is 5.56 Å². The Balaban J connectivity index is 1.91. The van der Waals surface area contributed by atoms with Crippen molar-refractivity contribution < 1.29 is 9.13 Å². The van der Waals surface area contributed by atoms with Gasteiger partial charge in [0, 0.05) is 30.6 Å². The molecule has 6 heteroatoms. The van der Waals surface area contributed by atoms with Crippen LogP contribution in [0, 0.1) is 18.7 Å². The summed E-state index contributed by atoms with van der Waals surface area (Å²) in [5, 5.41) is 0.718. The van der Waals surface area contributed by atoms with Crippen LogP contribution < -0.4 is 20.9 Å². The quantitative estimate of drug-likeness (QED) is 0.912. The third kappa shape index (κ3) is 2.67. The van der Waals surface area contributed by atoms with E-state index in [-0.39, 0.29) is 29.2 Å². The number of ether oxygens (including phenoxy) is 1. The molecule has 1 aliphatic carbocycles. The molecule has 1 aromatic carbocycles. The van der Waals surface area contributed by atoms with Crippen LogP contribution in [0.1, 0.15) is 37.8 Å². The number of pyridine rings is 1. The van der Waals surface area contributed by atoms with E-state index in [9.17, 15) is 4.79 Å². The molecule has 2 heterocycles. The Morgan fingerprint density at radius 2 is 2.04 bits per heavy atom. The molecule has 1 aliphatic heterocycles. The van der Waals surface area contributed by atoms with E-state index in [4.69, 9.17) is 10.5 Å². The highest BCUT2D eigenvalue weighted by atomic mass is 19.1. The van der Waals surface area contributed by atoms with Crippen LogP contribution in [0.5, 0.6) is 5.75 Å². The van der Waals surface area contributed by atoms with Crippen LogP contribution in [0.3, 0.4) is 0 Å². The monoisotopic (exact) mass is 359 g/mol. The number of halogens is 1. The lowest BCUT2D eigenvalue weighted by Gasteiger charge is -2.25. The van der Waals surface area contributed by atoms with Crippen molar-refractivity contribution in [2.24, 2.45) is 11.7 Å². The molecule has 0 bridgehead atoms. The SMILES string of the molecule is COc1cc2cc(F)c(N3CCC([C@H](C)N)C3)c(C)c2n(C2CC2)c1=O. The summed E-state index contributed by atoms with van der Waals surface area (Å²) in [7, 11) is 1.48. The lowest BCUT2D eigenvalue weighted by molar-refractivity contribution is 0.404. The van der Waals surface area contributed by atoms with Crippen molar-refractivity contribution >= 4 is 16.6 Å². The molecule has 5 nitrogen and oxygen atoms in total. The molecular formula is C20H26FN3O2. The summed E-state index contributed by atoms with van der Waals surface area (Å²) in [6.45, 7) is 5.48. The van der Waals surface area contributed by atoms with Crippen molar-refractivity contribution in [2.45, 2.75) is 45.2 Å². The molecule has 2 atom stereocenters. The molecule has 4 rings (SSSR count). The standard InChI is InChI=1S/C20H26FN3O2/c1-11-18-14(9-17(26-3)20(25)24(18)15-4-5-15)8-16(21)19(11)23-7-6-13(10-23)12(2)22/h8-9,12-13,15H,4-7,10,22H2,1-3H3/t12-,13?/m0/s1. The number of aromatic nitrogens is 1. The Bertz CT molecular complexity index is 918. The second-order valence-electron chi connectivity index (χ2n) is 7.74. The summed E-state index contributed by atoms with van der Waals surface area (Å²) >= 11 is 0. The fourth-order valence-corrected chi connectivity index (χ4v) is 4.27. The topological polar surface area (TPSA) is 60.5 Å². The summed E-state index contributed by atoms with van der Waals surface area (Å²) in [6, 6.07) is 3.48. The number of methoxy groups -OCH3 is 1. The smallest absolute Gasteiger partial charge is 0.293 e. The summed E-state index contributed by atoms with van der Waals surface area (Å²) in [6.07, 6.45) is 2.92. The Labute approximate surface area is 152 Å². The second kappa shape index (κ2) is 6.27. The average molecular weight is 359 g/mol. The number of nitrogens with zero attached hydrogens (tertiary/aromatic N) is 2. The maximum atomic E-state index is 15.0. The molecule has 2 aliphatic rings. The third-order valence-electron chi connectivity index (χ3n) is 5.87. The molecule has 1 saturated heterocycles. The molecule has 1 aromatic heterocycles. The molecule has 2 N–H and O–H groups in total. The van der Waals surface area contributed by atoms with Gasteiger partial charge in [0.2, 0.25) is 0 Å². The van der Waals surface area contributed by atoms with Gasteiger partial charge in [-0.2, -0.15) is 0 Å². The van der Waals surface area contributed by atoms with Crippen molar-refractivity contribution in [1.82, 2.24) is 4.57 Å². The lowest BCUT2D eigenvalue weighted by atomic mass is 10.0. The van der Waals surface area contributed by atoms with Gasteiger partial charge in [-0.05, 0) is 56.7 Å². The van der Waals surface area contributed by atoms with E-state index < -0.39 is 0 Å². The average Bonchev–Trinajstić information content (AvgIpc) is 3.31. The van der Waals surface area contributed by atoms with Gasteiger partial charge in [-0.15, -0.1) is 0 Å². The molecule has 1 saturated carbocycles. The van der Waals surface area contributed by atoms with Crippen molar-refractivity contribution in [3.63, 3.8) is 0 Å². The highest BCUT2D eigenvalue weighted by Gasteiger charge is 2.32. The van der Waals surface area contributed by atoms with E-state index in [1.807, 2.05) is 18.4 Å². The number of rotatable bonds is 4. The van der Waals surface area contributed by atoms with E-state index in [0.717, 1.165) is 48.8 Å². The molecule has 2 fully saturated rings. The van der Waals surface area contributed by atoms with E-state index >= 15 is 4.39 Å². The fourth-order valence-electron chi connectivity index (χ4n) is 4.27. The van der Waals surface area contributed by atoms with E-state index in [0.29, 0.717) is 11.6 Å². The Hall–Kier alpha value is -2.08. The van der Waals surface area contributed by atoms with Crippen molar-refractivity contribution in [3.05, 3.63) is 33.9 Å². The minimum Gasteiger partial charge on any atom is -0.491 e. The maximum absolute atomic E-state index is 15.0. The van der Waals surface area contributed by atoms with Crippen LogP contribution in [0.15, 0.2) is 16.9 Å².